The highest BCUT2D eigenvalue weighted by Crippen LogP contribution is 2.46. The van der Waals surface area contributed by atoms with Gasteiger partial charge in [0.2, 0.25) is 0 Å². The molecule has 0 radical (unpaired) electrons. The lowest BCUT2D eigenvalue weighted by Crippen LogP contribution is -2.55. The molecule has 10 atom stereocenters. The molecule has 0 unspecified atom stereocenters. The van der Waals surface area contributed by atoms with Gasteiger partial charge in [-0.2, -0.15) is 0 Å². The number of fused-ring (bicyclic) bond motifs is 2. The minimum atomic E-state index is -3.11. The first-order valence-electron chi connectivity index (χ1n) is 25.4. The van der Waals surface area contributed by atoms with Gasteiger partial charge in [0.15, 0.2) is 16.4 Å². The van der Waals surface area contributed by atoms with Crippen molar-refractivity contribution in [1.82, 2.24) is 0 Å². The van der Waals surface area contributed by atoms with Gasteiger partial charge < -0.3 is 89.8 Å². The van der Waals surface area contributed by atoms with E-state index in [2.05, 4.69) is 55.4 Å². The van der Waals surface area contributed by atoms with Crippen molar-refractivity contribution in [3.63, 3.8) is 0 Å². The monoisotopic (exact) mass is 1200 g/mol. The van der Waals surface area contributed by atoms with Gasteiger partial charge in [-0.05, 0) is 48.5 Å². The van der Waals surface area contributed by atoms with Gasteiger partial charge >= 0.3 is 21.2 Å². The molecule has 4 aromatic carbocycles. The summed E-state index contributed by atoms with van der Waals surface area (Å²) in [6.07, 6.45) is -10.8. The normalized spacial score (nSPS) is 21.3. The van der Waals surface area contributed by atoms with Gasteiger partial charge in [-0.15, -0.1) is 25.3 Å². The number of ether oxygens (including phenoxy) is 2. The molecule has 0 saturated carbocycles. The lowest BCUT2D eigenvalue weighted by Gasteiger charge is -2.40. The van der Waals surface area contributed by atoms with E-state index in [-0.39, 0.29) is 50.5 Å². The summed E-state index contributed by atoms with van der Waals surface area (Å²) in [4.78, 5) is 25.5. The fraction of sp³-hybridized carbons (Fsp3) is 0.444. The Balaban J connectivity index is 0.000000620. The third-order valence-corrected chi connectivity index (χ3v) is 10.7. The average molecular weight is 1200 g/mol. The van der Waals surface area contributed by atoms with Crippen LogP contribution in [0.4, 0.5) is 0 Å². The van der Waals surface area contributed by atoms with Crippen LogP contribution in [0, 0.1) is 0 Å². The minimum Gasteiger partial charge on any atom is -0.508 e. The van der Waals surface area contributed by atoms with Crippen molar-refractivity contribution in [2.75, 3.05) is 13.2 Å². The number of aromatic hydroxyl groups is 6. The van der Waals surface area contributed by atoms with Gasteiger partial charge in [0.1, 0.15) is 123 Å². The van der Waals surface area contributed by atoms with E-state index in [1.54, 1.807) is 0 Å². The van der Waals surface area contributed by atoms with Crippen LogP contribution in [0.3, 0.4) is 0 Å². The number of phenolic OH excluding ortho intramolecular Hbond substituents is 6. The molecule has 0 bridgehead atoms. The van der Waals surface area contributed by atoms with E-state index in [0.717, 1.165) is 24.3 Å². The molecule has 2 fully saturated rings. The zero-order chi connectivity index (χ0) is 62.9. The van der Waals surface area contributed by atoms with E-state index < -0.39 is 135 Å². The van der Waals surface area contributed by atoms with Crippen molar-refractivity contribution >= 4 is 43.2 Å². The number of hydrogen-bond donors (Lipinski definition) is 14. The van der Waals surface area contributed by atoms with Gasteiger partial charge in [0.05, 0.1) is 24.3 Å². The van der Waals surface area contributed by atoms with Crippen LogP contribution in [0.25, 0.3) is 44.6 Å². The molecule has 2 aromatic heterocycles. The lowest BCUT2D eigenvalue weighted by molar-refractivity contribution is -0.232. The second-order valence-corrected chi connectivity index (χ2v) is 18.7. The summed E-state index contributed by atoms with van der Waals surface area (Å²) in [7, 11) is -6.22. The lowest BCUT2D eigenvalue weighted by atomic mass is 9.89. The van der Waals surface area contributed by atoms with E-state index >= 15 is 0 Å². The molecule has 82 heavy (non-hydrogen) atoms. The Morgan fingerprint density at radius 2 is 0.756 bits per heavy atom. The van der Waals surface area contributed by atoms with Crippen molar-refractivity contribution in [2.24, 2.45) is 0 Å². The average Bonchev–Trinajstić information content (AvgIpc) is 3.39. The topological polar surface area (TPSA) is 465 Å². The highest BCUT2D eigenvalue weighted by atomic mass is 32.2. The van der Waals surface area contributed by atoms with Crippen molar-refractivity contribution in [1.29, 1.82) is 0 Å². The maximum atomic E-state index is 12.7. The van der Waals surface area contributed by atoms with E-state index in [9.17, 15) is 81.1 Å². The summed E-state index contributed by atoms with van der Waals surface area (Å²) in [6, 6.07) is 15.7. The molecule has 26 nitrogen and oxygen atoms in total. The third kappa shape index (κ3) is 20.1. The highest BCUT2D eigenvalue weighted by molar-refractivity contribution is 7.59. The number of hydrogen-bond acceptors (Lipinski definition) is 26. The summed E-state index contributed by atoms with van der Waals surface area (Å²) in [5.41, 5.74) is -1.55. The predicted molar refractivity (Wildman–Crippen MR) is 295 cm³/mol. The number of aliphatic hydroxyl groups is 8. The fourth-order valence-corrected chi connectivity index (χ4v) is 7.40. The van der Waals surface area contributed by atoms with Gasteiger partial charge in [-0.3, -0.25) is 9.59 Å². The standard InChI is InChI=1S/2C21H20O10.4C3H8.2O3S/c22-7-14-17(26)19(28)20(29)21(31-14)16-11(25)6-13-15(18(16)27)10(24)5-12(30-13)8-1-3-9(23)4-2-8;22-7-14-17(27)18(28)19(29)21(31-14)16-11(25)5-10(24)15-12(26)6-13(30-20(15)16)8-1-3-9(23)4-2-8;4*1-3-2;2*1-4(2)3/h1-6,14,17,19-23,25-29H,7H2;1-6,14,17-19,21-25,27-29H,7H2;4*3H2,1-2H3;;/t14-,17+,19+,20+,21+;14-,17+,18+,19+,21+;;;;;;/m01....../s1. The number of rotatable bonds is 6. The van der Waals surface area contributed by atoms with Crippen molar-refractivity contribution < 1.29 is 115 Å². The number of benzene rings is 4. The Hall–Kier alpha value is -7.06. The third-order valence-electron chi connectivity index (χ3n) is 10.7. The van der Waals surface area contributed by atoms with Gasteiger partial charge in [0, 0.05) is 35.4 Å². The molecule has 0 spiro atoms. The number of phenols is 6. The summed E-state index contributed by atoms with van der Waals surface area (Å²) >= 11 is 0. The first-order chi connectivity index (χ1) is 38.6. The van der Waals surface area contributed by atoms with E-state index in [1.165, 1.54) is 74.2 Å². The first-order valence-corrected chi connectivity index (χ1v) is 27.4. The van der Waals surface area contributed by atoms with Crippen LogP contribution in [0.5, 0.6) is 34.5 Å². The Morgan fingerprint density at radius 1 is 0.427 bits per heavy atom. The summed E-state index contributed by atoms with van der Waals surface area (Å²) in [5, 5.41) is 140. The zero-order valence-electron chi connectivity index (χ0n) is 45.9. The highest BCUT2D eigenvalue weighted by Gasteiger charge is 2.47. The van der Waals surface area contributed by atoms with Crippen molar-refractivity contribution in [3.05, 3.63) is 104 Å². The first kappa shape index (κ1) is 73.0. The van der Waals surface area contributed by atoms with Crippen molar-refractivity contribution in [3.8, 4) is 57.1 Å². The Bertz CT molecular complexity index is 3200. The predicted octanol–water partition coefficient (Wildman–Crippen LogP) is 3.84. The summed E-state index contributed by atoms with van der Waals surface area (Å²) in [6.45, 7) is 15.6. The van der Waals surface area contributed by atoms with Crippen LogP contribution in [-0.4, -0.2) is 159 Å². The second kappa shape index (κ2) is 35.7. The summed E-state index contributed by atoms with van der Waals surface area (Å²) in [5.74, 6) is -2.33. The van der Waals surface area contributed by atoms with E-state index in [0.29, 0.717) is 11.1 Å². The zero-order valence-corrected chi connectivity index (χ0v) is 47.6. The molecular formula is C54H72O26S2. The van der Waals surface area contributed by atoms with Crippen LogP contribution in [-0.2, 0) is 30.7 Å². The maximum Gasteiger partial charge on any atom is 0.425 e. The largest absolute Gasteiger partial charge is 0.508 e. The van der Waals surface area contributed by atoms with Gasteiger partial charge in [-0.25, -0.2) is 0 Å². The molecule has 8 rings (SSSR count). The van der Waals surface area contributed by atoms with Gasteiger partial charge in [-0.1, -0.05) is 81.1 Å². The van der Waals surface area contributed by atoms with E-state index in [1.807, 2.05) is 0 Å². The fourth-order valence-electron chi connectivity index (χ4n) is 7.40. The molecule has 4 heterocycles. The SMILES string of the molecule is CCC.CCC.CCC.CCC.O=S(=O)=O.O=S(=O)=O.O=c1cc(-c2ccc(O)cc2)oc2c([C@@H]3O[C@H](CO)[C@H](O)[C@H](O)[C@@H]3O)c(O)cc(O)c12.O=c1cc(-c2ccc(O)cc2)oc2cc(O)c([C@H]3O[C@@H](CO)[C@@H](O)[C@@H](O)[C@H]3O)c(O)c12. The van der Waals surface area contributed by atoms with Crippen LogP contribution in [0.15, 0.2) is 91.2 Å². The molecule has 0 aliphatic carbocycles. The second-order valence-electron chi connectivity index (χ2n) is 17.8. The maximum absolute atomic E-state index is 12.7. The smallest absolute Gasteiger partial charge is 0.425 e. The quantitative estimate of drug-likeness (QED) is 0.113. The summed E-state index contributed by atoms with van der Waals surface area (Å²) < 4.78 is 73.0. The van der Waals surface area contributed by atoms with Crippen LogP contribution in [0.1, 0.15) is 104 Å². The molecule has 14 N–H and O–H groups in total. The van der Waals surface area contributed by atoms with Crippen LogP contribution < -0.4 is 10.9 Å². The molecule has 2 aliphatic rings. The Kier molecular flexibility index (Phi) is 31.8. The van der Waals surface area contributed by atoms with Crippen LogP contribution in [0.2, 0.25) is 0 Å². The van der Waals surface area contributed by atoms with Crippen LogP contribution >= 0.6 is 0 Å². The number of aliphatic hydroxyl groups excluding tert-OH is 8. The Labute approximate surface area is 473 Å². The molecule has 456 valence electrons. The molecule has 0 amide bonds. The van der Waals surface area contributed by atoms with Gasteiger partial charge in [0.25, 0.3) is 0 Å². The molecular weight excluding hydrogens is 1130 g/mol. The minimum absolute atomic E-state index is 0.0100. The molecule has 28 heteroatoms. The Morgan fingerprint density at radius 3 is 1.12 bits per heavy atom. The molecule has 2 aliphatic heterocycles. The molecule has 6 aromatic rings. The van der Waals surface area contributed by atoms with E-state index in [4.69, 9.17) is 43.6 Å². The molecule has 2 saturated heterocycles. The van der Waals surface area contributed by atoms with Crippen molar-refractivity contribution in [2.45, 2.75) is 142 Å².